The van der Waals surface area contributed by atoms with E-state index < -0.39 is 70.5 Å². The van der Waals surface area contributed by atoms with Crippen LogP contribution in [0.1, 0.15) is 52.5 Å². The van der Waals surface area contributed by atoms with Gasteiger partial charge in [0.05, 0.1) is 114 Å². The van der Waals surface area contributed by atoms with Crippen molar-refractivity contribution < 1.29 is 72.0 Å². The Kier molecular flexibility index (Phi) is 32.9. The normalized spacial score (nSPS) is 14.3. The van der Waals surface area contributed by atoms with E-state index in [0.717, 1.165) is 49.5 Å². The van der Waals surface area contributed by atoms with Gasteiger partial charge in [0.2, 0.25) is 29.7 Å². The maximum Gasteiger partial charge on any atom is 0.421 e. The van der Waals surface area contributed by atoms with Crippen molar-refractivity contribution >= 4 is 197 Å². The van der Waals surface area contributed by atoms with Crippen molar-refractivity contribution in [2.24, 2.45) is 11.7 Å². The summed E-state index contributed by atoms with van der Waals surface area (Å²) in [6.07, 6.45) is 4.28. The lowest BCUT2D eigenvalue weighted by Gasteiger charge is -2.29. The molecular formula is C84H102Cl2F3N21O13P4S2. The highest BCUT2D eigenvalue weighted by atomic mass is 35.5. The van der Waals surface area contributed by atoms with Crippen LogP contribution >= 0.6 is 51.8 Å². The third kappa shape index (κ3) is 26.7. The molecule has 6 heterocycles. The molecule has 2 unspecified atom stereocenters. The Morgan fingerprint density at radius 3 is 1.44 bits per heavy atom. The topological polar surface area (TPSA) is 471 Å². The Balaban J connectivity index is 0.000000179. The van der Waals surface area contributed by atoms with Gasteiger partial charge in [-0.2, -0.15) is 33.1 Å². The third-order valence-electron chi connectivity index (χ3n) is 19.8. The van der Waals surface area contributed by atoms with E-state index in [1.54, 1.807) is 203 Å². The van der Waals surface area contributed by atoms with Gasteiger partial charge in [-0.05, 0) is 203 Å². The Morgan fingerprint density at radius 1 is 0.496 bits per heavy atom. The summed E-state index contributed by atoms with van der Waals surface area (Å²) in [5, 5.41) is 25.4. The summed E-state index contributed by atoms with van der Waals surface area (Å²) in [5.41, 5.74) is 15.1. The number of primary amides is 1. The van der Waals surface area contributed by atoms with Gasteiger partial charge in [0.15, 0.2) is 42.9 Å². The van der Waals surface area contributed by atoms with Crippen LogP contribution in [0, 0.1) is 5.92 Å². The van der Waals surface area contributed by atoms with Crippen LogP contribution in [0.2, 0.25) is 10.0 Å². The minimum atomic E-state index is -4.63. The van der Waals surface area contributed by atoms with E-state index in [9.17, 15) is 53.1 Å². The highest BCUT2D eigenvalue weighted by Crippen LogP contribution is 2.44. The molecule has 2 atom stereocenters. The summed E-state index contributed by atoms with van der Waals surface area (Å²) in [5.74, 6) is 1.96. The number of hydrogen-bond acceptors (Lipinski definition) is 33. The molecule has 2 fully saturated rings. The van der Waals surface area contributed by atoms with Crippen LogP contribution in [0.25, 0.3) is 0 Å². The number of ether oxygens (including phenoxy) is 4. The molecule has 1 aliphatic heterocycles. The van der Waals surface area contributed by atoms with Crippen LogP contribution in [0.15, 0.2) is 174 Å². The standard InChI is InChI=1S/C23H25F3N5O2P.C22H28N5O4PS.C20H24ClN6O4PS.C19H25ClN5O3P/c1-34(2,32)19-9-5-17(6-10-19)29-22-27-15-20(23(24,25)26)21(30-22)28-16-3-7-18(8-4-16)31-11-13-33-14-12-31;1-14(2)33(29,30)20-9-7-6-8-18(20)25-21-16(23)13-24-22(27-21)26-17-11-10-15(32(4,5)28)12-19(17)31-3;1-12(2)33(29,30)15-9-7-6-8-14(15)24-17-13(21)10-23-20(26-17)27-18-19(31-3)25-16(11-22-18)32(4,5)28;1-28-16-9-11(29(2,3)27)7-8-15(16)24-19-22-10-13(20)18(25-19)23-14-6-4-5-12(14)17(21)26/h3-10,15H,11-14H2,1-2H3,(H2,27,28,29,30);6-14H,23H2,1-5H3,(H2,24,25,26,27);6-12H,1-5H3,(H2,22,23,24,26,27);7-10,12,14H,4-6H2,1-3H3,(H2,21,26)(H2,22,23,24,25). The van der Waals surface area contributed by atoms with Crippen LogP contribution < -0.4 is 94.5 Å². The molecule has 1 saturated heterocycles. The SMILES string of the molecule is COc1cc(P(C)(C)=O)ccc1Nc1ncc(Cl)c(NC2CCCC2C(N)=O)n1.COc1cc(P(C)(C)=O)ccc1Nc1ncc(N)c(Nc2ccccc2S(=O)(=O)C(C)C)n1.COc1nc(P(C)(C)=O)cnc1Nc1ncc(Cl)c(Nc2ccccc2S(=O)(=O)C(C)C)n1.CP(C)(=O)c1ccc(Nc2ncc(C(F)(F)F)c(Nc3ccc(N4CCOCC4)cc3)n2)cc1. The number of alkyl halides is 3. The lowest BCUT2D eigenvalue weighted by molar-refractivity contribution is -0.137. The number of rotatable bonds is 29. The number of methoxy groups -OCH3 is 3. The van der Waals surface area contributed by atoms with Gasteiger partial charge in [-0.15, -0.1) is 0 Å². The summed E-state index contributed by atoms with van der Waals surface area (Å²) >= 11 is 12.5. The van der Waals surface area contributed by atoms with Gasteiger partial charge < -0.3 is 96.1 Å². The molecule has 5 aromatic heterocycles. The molecule has 1 aliphatic carbocycles. The van der Waals surface area contributed by atoms with E-state index in [1.165, 1.54) is 45.1 Å². The third-order valence-corrected chi connectivity index (χ3v) is 30.7. The second kappa shape index (κ2) is 42.5. The number of morpholine rings is 1. The van der Waals surface area contributed by atoms with Crippen molar-refractivity contribution in [3.8, 4) is 17.4 Å². The van der Waals surface area contributed by atoms with Crippen molar-refractivity contribution in [2.75, 3.05) is 154 Å². The predicted molar refractivity (Wildman–Crippen MR) is 509 cm³/mol. The van der Waals surface area contributed by atoms with Crippen molar-refractivity contribution in [1.29, 1.82) is 0 Å². The lowest BCUT2D eigenvalue weighted by Crippen LogP contribution is -2.36. The van der Waals surface area contributed by atoms with Crippen molar-refractivity contribution in [1.82, 2.24) is 49.8 Å². The molecule has 12 N–H and O–H groups in total. The first-order valence-corrected chi connectivity index (χ1v) is 54.1. The van der Waals surface area contributed by atoms with Crippen LogP contribution in [0.3, 0.4) is 0 Å². The summed E-state index contributed by atoms with van der Waals surface area (Å²) in [7, 11) is -12.5. The quantitative estimate of drug-likeness (QED) is 0.0195. The summed E-state index contributed by atoms with van der Waals surface area (Å²) in [6, 6.07) is 37.4. The summed E-state index contributed by atoms with van der Waals surface area (Å²) < 4.78 is 162. The number of nitrogen functional groups attached to an aromatic ring is 1. The second-order valence-corrected chi connectivity index (χ2v) is 50.0. The number of sulfone groups is 2. The molecular weight excluding hydrogens is 1830 g/mol. The number of nitrogens with zero attached hydrogens (tertiary/aromatic N) is 11. The minimum absolute atomic E-state index is 0.00404. The van der Waals surface area contributed by atoms with Crippen LogP contribution in [0.4, 0.5) is 112 Å². The lowest BCUT2D eigenvalue weighted by atomic mass is 10.0. The van der Waals surface area contributed by atoms with Crippen LogP contribution in [0.5, 0.6) is 17.4 Å². The molecule has 6 aromatic carbocycles. The fraction of sp³-hybridized carbons (Fsp3) is 0.321. The van der Waals surface area contributed by atoms with Gasteiger partial charge >= 0.3 is 6.18 Å². The number of para-hydroxylation sites is 2. The zero-order valence-electron chi connectivity index (χ0n) is 73.2. The zero-order valence-corrected chi connectivity index (χ0v) is 79.9. The smallest absolute Gasteiger partial charge is 0.421 e. The van der Waals surface area contributed by atoms with E-state index in [0.29, 0.717) is 91.7 Å². The number of aromatic nitrogens is 10. The van der Waals surface area contributed by atoms with Crippen molar-refractivity contribution in [2.45, 2.75) is 79.5 Å². The van der Waals surface area contributed by atoms with Gasteiger partial charge in [0, 0.05) is 58.3 Å². The number of benzene rings is 6. The fourth-order valence-electron chi connectivity index (χ4n) is 12.6. The molecule has 2 aliphatic rings. The Morgan fingerprint density at radius 2 is 0.946 bits per heavy atom. The molecule has 0 spiro atoms. The van der Waals surface area contributed by atoms with Crippen molar-refractivity contribution in [3.63, 3.8) is 0 Å². The number of anilines is 17. The Bertz CT molecular complexity index is 6100. The minimum Gasteiger partial charge on any atom is -0.495 e. The predicted octanol–water partition coefficient (Wildman–Crippen LogP) is 16.1. The first-order valence-electron chi connectivity index (χ1n) is 39.9. The number of halogens is 5. The maximum absolute atomic E-state index is 13.6. The largest absolute Gasteiger partial charge is 0.495 e. The average Bonchev–Trinajstić information content (AvgIpc) is 1.34. The second-order valence-electron chi connectivity index (χ2n) is 31.4. The molecule has 13 rings (SSSR count). The van der Waals surface area contributed by atoms with E-state index >= 15 is 0 Å². The molecule has 11 aromatic rings. The van der Waals surface area contributed by atoms with Gasteiger partial charge in [0.1, 0.15) is 66.9 Å². The van der Waals surface area contributed by atoms with E-state index in [-0.39, 0.29) is 85.4 Å². The molecule has 0 radical (unpaired) electrons. The average molecular weight is 1930 g/mol. The number of hydrogen-bond donors (Lipinski definition) is 10. The van der Waals surface area contributed by atoms with Gasteiger partial charge in [-0.3, -0.25) is 4.79 Å². The Hall–Kier alpha value is -11.3. The molecule has 1 amide bonds. The number of nitrogens with two attached hydrogens (primary N) is 2. The zero-order chi connectivity index (χ0) is 94.3. The summed E-state index contributed by atoms with van der Waals surface area (Å²) in [6.45, 7) is 22.6. The first-order chi connectivity index (χ1) is 60.6. The number of carbonyl (C=O) groups excluding carboxylic acids is 1. The Labute approximate surface area is 756 Å². The van der Waals surface area contributed by atoms with Crippen molar-refractivity contribution in [3.05, 3.63) is 180 Å². The molecule has 45 heteroatoms. The highest BCUT2D eigenvalue weighted by molar-refractivity contribution is 7.92. The molecule has 0 bridgehead atoms. The monoisotopic (exact) mass is 1930 g/mol. The maximum atomic E-state index is 13.6. The van der Waals surface area contributed by atoms with Crippen LogP contribution in [-0.4, -0.2) is 190 Å². The van der Waals surface area contributed by atoms with E-state index in [2.05, 4.69) is 97.3 Å². The highest BCUT2D eigenvalue weighted by Gasteiger charge is 2.37. The number of nitrogens with one attached hydrogen (secondary N) is 8. The van der Waals surface area contributed by atoms with Gasteiger partial charge in [-0.1, -0.05) is 53.9 Å². The summed E-state index contributed by atoms with van der Waals surface area (Å²) in [4.78, 5) is 56.2. The molecule has 129 heavy (non-hydrogen) atoms. The van der Waals surface area contributed by atoms with Crippen LogP contribution in [-0.2, 0) is 53.6 Å². The van der Waals surface area contributed by atoms with E-state index in [4.69, 9.17) is 53.6 Å². The fourth-order valence-corrected chi connectivity index (χ4v) is 18.5. The number of amides is 1. The molecule has 34 nitrogen and oxygen atoms in total. The molecule has 1 saturated carbocycles. The number of carbonyl (C=O) groups is 1. The van der Waals surface area contributed by atoms with Gasteiger partial charge in [0.25, 0.3) is 5.88 Å². The van der Waals surface area contributed by atoms with E-state index in [1.807, 2.05) is 12.1 Å². The molecule has 688 valence electrons. The first kappa shape index (κ1) is 99.9. The van der Waals surface area contributed by atoms with Gasteiger partial charge in [-0.25, -0.2) is 46.7 Å².